The summed E-state index contributed by atoms with van der Waals surface area (Å²) in [5.41, 5.74) is 2.02. The molecule has 0 aromatic heterocycles. The number of esters is 1. The molecule has 98 valence electrons. The van der Waals surface area contributed by atoms with Crippen molar-refractivity contribution in [3.05, 3.63) is 29.3 Å². The molecule has 6 heteroatoms. The van der Waals surface area contributed by atoms with E-state index in [-0.39, 0.29) is 16.8 Å². The zero-order valence-electron chi connectivity index (χ0n) is 10.5. The molecule has 0 saturated carbocycles. The quantitative estimate of drug-likeness (QED) is 0.429. The Morgan fingerprint density at radius 3 is 2.39 bits per heavy atom. The van der Waals surface area contributed by atoms with E-state index in [4.69, 9.17) is 15.7 Å². The van der Waals surface area contributed by atoms with Crippen LogP contribution in [0.2, 0.25) is 0 Å². The predicted octanol–water partition coefficient (Wildman–Crippen LogP) is 1.63. The van der Waals surface area contributed by atoms with Gasteiger partial charge in [-0.25, -0.2) is 9.59 Å². The Morgan fingerprint density at radius 1 is 1.33 bits per heavy atom. The van der Waals surface area contributed by atoms with Crippen LogP contribution in [0.15, 0.2) is 18.2 Å². The molecule has 1 aromatic carbocycles. The number of aromatic carboxylic acids is 1. The lowest BCUT2D eigenvalue weighted by Gasteiger charge is -2.19. The van der Waals surface area contributed by atoms with Gasteiger partial charge in [-0.1, -0.05) is 0 Å². The van der Waals surface area contributed by atoms with Crippen molar-refractivity contribution >= 4 is 17.6 Å². The lowest BCUT2D eigenvalue weighted by atomic mass is 10.1. The monoisotopic (exact) mass is 252 g/mol. The third kappa shape index (κ3) is 3.46. The van der Waals surface area contributed by atoms with Crippen LogP contribution in [0.1, 0.15) is 41.5 Å². The number of hydrogen-bond donors (Lipinski definition) is 3. The molecule has 0 aliphatic carbocycles. The van der Waals surface area contributed by atoms with Crippen LogP contribution >= 0.6 is 0 Å². The Balaban J connectivity index is 3.06. The lowest BCUT2D eigenvalue weighted by Crippen LogP contribution is -2.24. The Bertz CT molecular complexity index is 477. The third-order valence-corrected chi connectivity index (χ3v) is 2.04. The van der Waals surface area contributed by atoms with Crippen molar-refractivity contribution in [3.8, 4) is 0 Å². The molecular weight excluding hydrogens is 236 g/mol. The van der Waals surface area contributed by atoms with Crippen LogP contribution in [-0.4, -0.2) is 22.6 Å². The highest BCUT2D eigenvalue weighted by Crippen LogP contribution is 2.19. The van der Waals surface area contributed by atoms with Crippen LogP contribution in [0, 0.1) is 0 Å². The van der Waals surface area contributed by atoms with Gasteiger partial charge < -0.3 is 15.3 Å². The first-order valence-corrected chi connectivity index (χ1v) is 5.32. The maximum absolute atomic E-state index is 11.8. The fraction of sp³-hybridized carbons (Fsp3) is 0.333. The van der Waals surface area contributed by atoms with Crippen molar-refractivity contribution in [2.24, 2.45) is 5.84 Å². The summed E-state index contributed by atoms with van der Waals surface area (Å²) in [6.07, 6.45) is 0. The molecule has 4 N–H and O–H groups in total. The van der Waals surface area contributed by atoms with Crippen molar-refractivity contribution < 1.29 is 19.4 Å². The van der Waals surface area contributed by atoms with Crippen LogP contribution in [0.3, 0.4) is 0 Å². The summed E-state index contributed by atoms with van der Waals surface area (Å²) in [6.45, 7) is 5.25. The van der Waals surface area contributed by atoms with Gasteiger partial charge in [0.25, 0.3) is 0 Å². The Hall–Kier alpha value is -2.08. The molecule has 0 amide bonds. The molecule has 0 fully saturated rings. The minimum absolute atomic E-state index is 0.00944. The van der Waals surface area contributed by atoms with Gasteiger partial charge in [0.2, 0.25) is 0 Å². The van der Waals surface area contributed by atoms with Crippen molar-refractivity contribution in [1.29, 1.82) is 0 Å². The smallest absolute Gasteiger partial charge is 0.338 e. The van der Waals surface area contributed by atoms with Gasteiger partial charge in [-0.05, 0) is 39.0 Å². The standard InChI is InChI=1S/C12H16N2O4/c1-12(2,3)18-11(17)7-4-5-8(10(15)16)9(6-7)14-13/h4-6,14H,13H2,1-3H3,(H,15,16). The maximum Gasteiger partial charge on any atom is 0.338 e. The molecule has 1 rings (SSSR count). The zero-order chi connectivity index (χ0) is 13.9. The van der Waals surface area contributed by atoms with E-state index < -0.39 is 17.5 Å². The topological polar surface area (TPSA) is 102 Å². The van der Waals surface area contributed by atoms with Gasteiger partial charge in [-0.2, -0.15) is 0 Å². The summed E-state index contributed by atoms with van der Waals surface area (Å²) >= 11 is 0. The van der Waals surface area contributed by atoms with Gasteiger partial charge >= 0.3 is 11.9 Å². The van der Waals surface area contributed by atoms with Gasteiger partial charge in [-0.3, -0.25) is 5.84 Å². The fourth-order valence-corrected chi connectivity index (χ4v) is 1.31. The number of benzene rings is 1. The summed E-state index contributed by atoms with van der Waals surface area (Å²) < 4.78 is 5.17. The van der Waals surface area contributed by atoms with E-state index in [1.54, 1.807) is 20.8 Å². The summed E-state index contributed by atoms with van der Waals surface area (Å²) in [5, 5.41) is 8.90. The largest absolute Gasteiger partial charge is 0.478 e. The maximum atomic E-state index is 11.8. The van der Waals surface area contributed by atoms with Gasteiger partial charge in [-0.15, -0.1) is 0 Å². The molecule has 0 aliphatic rings. The second kappa shape index (κ2) is 5.05. The number of ether oxygens (including phenoxy) is 1. The number of hydrazine groups is 1. The normalized spacial score (nSPS) is 10.9. The van der Waals surface area contributed by atoms with E-state index in [0.29, 0.717) is 0 Å². The number of hydrogen-bond acceptors (Lipinski definition) is 5. The molecule has 0 unspecified atom stereocenters. The van der Waals surface area contributed by atoms with Crippen molar-refractivity contribution in [2.45, 2.75) is 26.4 Å². The van der Waals surface area contributed by atoms with Crippen LogP contribution in [-0.2, 0) is 4.74 Å². The molecular formula is C12H16N2O4. The SMILES string of the molecule is CC(C)(C)OC(=O)c1ccc(C(=O)O)c(NN)c1. The average molecular weight is 252 g/mol. The molecule has 0 atom stereocenters. The minimum atomic E-state index is -1.13. The molecule has 0 radical (unpaired) electrons. The number of rotatable bonds is 3. The summed E-state index contributed by atoms with van der Waals surface area (Å²) in [5.74, 6) is 3.56. The number of carboxylic acids is 1. The van der Waals surface area contributed by atoms with Gasteiger partial charge in [0.05, 0.1) is 16.8 Å². The number of nitrogen functional groups attached to an aromatic ring is 1. The first-order valence-electron chi connectivity index (χ1n) is 5.32. The number of carbonyl (C=O) groups is 2. The minimum Gasteiger partial charge on any atom is -0.478 e. The number of nitrogens with one attached hydrogen (secondary N) is 1. The van der Waals surface area contributed by atoms with E-state index in [1.807, 2.05) is 0 Å². The Morgan fingerprint density at radius 2 is 1.94 bits per heavy atom. The molecule has 18 heavy (non-hydrogen) atoms. The van der Waals surface area contributed by atoms with E-state index >= 15 is 0 Å². The molecule has 0 bridgehead atoms. The lowest BCUT2D eigenvalue weighted by molar-refractivity contribution is 0.00692. The molecule has 0 saturated heterocycles. The summed E-state index contributed by atoms with van der Waals surface area (Å²) in [4.78, 5) is 22.7. The van der Waals surface area contributed by atoms with Gasteiger partial charge in [0.1, 0.15) is 5.60 Å². The number of carbonyl (C=O) groups excluding carboxylic acids is 1. The summed E-state index contributed by atoms with van der Waals surface area (Å²) in [6, 6.07) is 4.03. The van der Waals surface area contributed by atoms with Gasteiger partial charge in [0.15, 0.2) is 0 Å². The Labute approximate surface area is 105 Å². The number of anilines is 1. The van der Waals surface area contributed by atoms with Gasteiger partial charge in [0, 0.05) is 0 Å². The summed E-state index contributed by atoms with van der Waals surface area (Å²) in [7, 11) is 0. The molecule has 0 spiro atoms. The van der Waals surface area contributed by atoms with E-state index in [2.05, 4.69) is 5.43 Å². The predicted molar refractivity (Wildman–Crippen MR) is 66.4 cm³/mol. The molecule has 6 nitrogen and oxygen atoms in total. The first kappa shape index (κ1) is 14.0. The second-order valence-electron chi connectivity index (χ2n) is 4.71. The molecule has 1 aromatic rings. The highest BCUT2D eigenvalue weighted by molar-refractivity contribution is 5.98. The fourth-order valence-electron chi connectivity index (χ4n) is 1.31. The van der Waals surface area contributed by atoms with E-state index in [1.165, 1.54) is 18.2 Å². The van der Waals surface area contributed by atoms with Crippen molar-refractivity contribution in [1.82, 2.24) is 0 Å². The highest BCUT2D eigenvalue weighted by atomic mass is 16.6. The number of nitrogens with two attached hydrogens (primary N) is 1. The first-order chi connectivity index (χ1) is 8.24. The second-order valence-corrected chi connectivity index (χ2v) is 4.71. The molecule has 0 aliphatic heterocycles. The van der Waals surface area contributed by atoms with Crippen LogP contribution in [0.25, 0.3) is 0 Å². The van der Waals surface area contributed by atoms with E-state index in [0.717, 1.165) is 0 Å². The zero-order valence-corrected chi connectivity index (χ0v) is 10.5. The molecule has 0 heterocycles. The third-order valence-electron chi connectivity index (χ3n) is 2.04. The Kier molecular flexibility index (Phi) is 3.93. The van der Waals surface area contributed by atoms with Crippen LogP contribution in [0.5, 0.6) is 0 Å². The van der Waals surface area contributed by atoms with Crippen LogP contribution < -0.4 is 11.3 Å². The van der Waals surface area contributed by atoms with Crippen molar-refractivity contribution in [3.63, 3.8) is 0 Å². The average Bonchev–Trinajstić information content (AvgIpc) is 2.25. The van der Waals surface area contributed by atoms with E-state index in [9.17, 15) is 9.59 Å². The highest BCUT2D eigenvalue weighted by Gasteiger charge is 2.19. The van der Waals surface area contributed by atoms with Crippen LogP contribution in [0.4, 0.5) is 5.69 Å². The number of carboxylic acid groups (broad SMARTS) is 1. The van der Waals surface area contributed by atoms with Crippen molar-refractivity contribution in [2.75, 3.05) is 5.43 Å².